The molecule has 3 nitrogen and oxygen atoms in total. The summed E-state index contributed by atoms with van der Waals surface area (Å²) >= 11 is 13.8. The third-order valence-corrected chi connectivity index (χ3v) is 6.35. The lowest BCUT2D eigenvalue weighted by atomic mass is 9.78. The Morgan fingerprint density at radius 3 is 1.76 bits per heavy atom. The number of halogens is 4. The van der Waals surface area contributed by atoms with Gasteiger partial charge in [0.25, 0.3) is 0 Å². The van der Waals surface area contributed by atoms with Crippen LogP contribution in [0.1, 0.15) is 38.3 Å². The van der Waals surface area contributed by atoms with Gasteiger partial charge >= 0.3 is 5.97 Å². The number of ether oxygens (including phenoxy) is 1. The smallest absolute Gasteiger partial charge is 0.310 e. The van der Waals surface area contributed by atoms with Crippen LogP contribution in [0.15, 0.2) is 42.2 Å². The number of rotatable bonds is 4. The Balaban J connectivity index is 2.52. The summed E-state index contributed by atoms with van der Waals surface area (Å²) in [4.78, 5) is 11.6. The van der Waals surface area contributed by atoms with Crippen molar-refractivity contribution in [3.8, 4) is 11.5 Å². The van der Waals surface area contributed by atoms with Crippen LogP contribution >= 0.6 is 63.7 Å². The van der Waals surface area contributed by atoms with Crippen molar-refractivity contribution in [2.75, 3.05) is 0 Å². The van der Waals surface area contributed by atoms with Crippen molar-refractivity contribution in [3.63, 3.8) is 0 Å². The van der Waals surface area contributed by atoms with Crippen molar-refractivity contribution in [2.24, 2.45) is 0 Å². The maximum absolute atomic E-state index is 11.6. The van der Waals surface area contributed by atoms with Gasteiger partial charge in [-0.3, -0.25) is 4.79 Å². The molecule has 0 aliphatic heterocycles. The Morgan fingerprint density at radius 1 is 0.960 bits per heavy atom. The number of hydrogen-bond acceptors (Lipinski definition) is 3. The van der Waals surface area contributed by atoms with Gasteiger partial charge in [0.15, 0.2) is 5.75 Å². The van der Waals surface area contributed by atoms with Gasteiger partial charge < -0.3 is 9.84 Å². The van der Waals surface area contributed by atoms with Crippen molar-refractivity contribution in [1.82, 2.24) is 0 Å². The maximum atomic E-state index is 11.6. The number of esters is 1. The number of carbonyl (C=O) groups excluding carboxylic acids is 1. The summed E-state index contributed by atoms with van der Waals surface area (Å²) in [7, 11) is 0. The lowest BCUT2D eigenvalue weighted by Crippen LogP contribution is -2.19. The van der Waals surface area contributed by atoms with E-state index in [4.69, 9.17) is 4.74 Å². The number of aromatic hydroxyl groups is 1. The maximum Gasteiger partial charge on any atom is 0.310 e. The van der Waals surface area contributed by atoms with E-state index in [0.717, 1.165) is 11.1 Å². The van der Waals surface area contributed by atoms with Crippen LogP contribution in [0.3, 0.4) is 0 Å². The lowest BCUT2D eigenvalue weighted by molar-refractivity contribution is -0.134. The molecule has 134 valence electrons. The van der Waals surface area contributed by atoms with Crippen LogP contribution in [0.5, 0.6) is 11.5 Å². The Kier molecular flexibility index (Phi) is 6.79. The molecule has 2 aromatic rings. The summed E-state index contributed by atoms with van der Waals surface area (Å²) in [6.45, 7) is 5.93. The molecule has 0 spiro atoms. The normalized spacial score (nSPS) is 11.5. The summed E-state index contributed by atoms with van der Waals surface area (Å²) in [6, 6.07) is 7.68. The van der Waals surface area contributed by atoms with Gasteiger partial charge in [0.2, 0.25) is 0 Å². The number of phenols is 1. The van der Waals surface area contributed by atoms with Gasteiger partial charge in [-0.25, -0.2) is 0 Å². The Morgan fingerprint density at radius 2 is 1.36 bits per heavy atom. The minimum atomic E-state index is -0.350. The van der Waals surface area contributed by atoms with Crippen LogP contribution < -0.4 is 4.74 Å². The second-order valence-electron chi connectivity index (χ2n) is 6.01. The largest absolute Gasteiger partial charge is 0.506 e. The molecule has 0 aliphatic rings. The van der Waals surface area contributed by atoms with Crippen LogP contribution in [-0.4, -0.2) is 11.1 Å². The average Bonchev–Trinajstić information content (AvgIpc) is 2.54. The molecule has 0 aromatic heterocycles. The number of phenolic OH excluding ortho intramolecular Hbond substituents is 1. The van der Waals surface area contributed by atoms with E-state index >= 15 is 0 Å². The summed E-state index contributed by atoms with van der Waals surface area (Å²) in [5.41, 5.74) is 1.69. The second kappa shape index (κ2) is 8.11. The van der Waals surface area contributed by atoms with E-state index in [1.807, 2.05) is 24.3 Å². The van der Waals surface area contributed by atoms with Gasteiger partial charge in [0.1, 0.15) is 5.75 Å². The molecule has 0 aliphatic carbocycles. The molecule has 2 aromatic carbocycles. The van der Waals surface area contributed by atoms with E-state index in [1.165, 1.54) is 0 Å². The lowest BCUT2D eigenvalue weighted by Gasteiger charge is -2.28. The molecular weight excluding hydrogens is 584 g/mol. The highest BCUT2D eigenvalue weighted by molar-refractivity contribution is 9.11. The highest BCUT2D eigenvalue weighted by atomic mass is 79.9. The fourth-order valence-corrected chi connectivity index (χ4v) is 4.83. The summed E-state index contributed by atoms with van der Waals surface area (Å²) < 4.78 is 8.01. The molecule has 25 heavy (non-hydrogen) atoms. The summed E-state index contributed by atoms with van der Waals surface area (Å²) in [5, 5.41) is 9.94. The molecule has 0 amide bonds. The Hall–Kier alpha value is -0.370. The SMILES string of the molecule is CCC(=O)Oc1c(Br)cc(C(C)(C)c2cc(Br)c(O)c(Br)c2)cc1Br. The minimum Gasteiger partial charge on any atom is -0.506 e. The highest BCUT2D eigenvalue weighted by Gasteiger charge is 2.27. The van der Waals surface area contributed by atoms with Crippen LogP contribution in [0.25, 0.3) is 0 Å². The van der Waals surface area contributed by atoms with E-state index in [1.54, 1.807) is 6.92 Å². The van der Waals surface area contributed by atoms with E-state index < -0.39 is 0 Å². The molecule has 0 fully saturated rings. The monoisotopic (exact) mass is 596 g/mol. The molecule has 7 heteroatoms. The van der Waals surface area contributed by atoms with E-state index in [-0.39, 0.29) is 17.1 Å². The van der Waals surface area contributed by atoms with Crippen molar-refractivity contribution in [3.05, 3.63) is 53.3 Å². The first-order valence-corrected chi connectivity index (χ1v) is 10.6. The number of benzene rings is 2. The second-order valence-corrected chi connectivity index (χ2v) is 9.43. The molecule has 0 unspecified atom stereocenters. The minimum absolute atomic E-state index is 0.170. The van der Waals surface area contributed by atoms with Gasteiger partial charge in [-0.2, -0.15) is 0 Å². The molecule has 0 saturated heterocycles. The third-order valence-electron chi connectivity index (χ3n) is 3.96. The van der Waals surface area contributed by atoms with Gasteiger partial charge in [-0.15, -0.1) is 0 Å². The fraction of sp³-hybridized carbons (Fsp3) is 0.278. The first-order valence-electron chi connectivity index (χ1n) is 7.46. The van der Waals surface area contributed by atoms with Crippen LogP contribution in [0, 0.1) is 0 Å². The van der Waals surface area contributed by atoms with Crippen LogP contribution in [0.4, 0.5) is 0 Å². The Labute approximate surface area is 180 Å². The quantitative estimate of drug-likeness (QED) is 0.302. The van der Waals surface area contributed by atoms with Gasteiger partial charge in [0.05, 0.1) is 17.9 Å². The topological polar surface area (TPSA) is 46.5 Å². The zero-order chi connectivity index (χ0) is 18.9. The molecule has 0 bridgehead atoms. The van der Waals surface area contributed by atoms with Gasteiger partial charge in [-0.1, -0.05) is 20.8 Å². The van der Waals surface area contributed by atoms with Gasteiger partial charge in [-0.05, 0) is 99.1 Å². The summed E-state index contributed by atoms with van der Waals surface area (Å²) in [6.07, 6.45) is 0.307. The highest BCUT2D eigenvalue weighted by Crippen LogP contribution is 2.43. The predicted molar refractivity (Wildman–Crippen MR) is 113 cm³/mol. The zero-order valence-electron chi connectivity index (χ0n) is 13.8. The molecule has 2 rings (SSSR count). The predicted octanol–water partition coefficient (Wildman–Crippen LogP) is 7.08. The molecule has 0 heterocycles. The van der Waals surface area contributed by atoms with Crippen molar-refractivity contribution in [1.29, 1.82) is 0 Å². The van der Waals surface area contributed by atoms with Crippen molar-refractivity contribution >= 4 is 69.7 Å². The number of hydrogen-bond donors (Lipinski definition) is 1. The first-order chi connectivity index (χ1) is 11.6. The molecule has 0 saturated carbocycles. The van der Waals surface area contributed by atoms with Crippen molar-refractivity contribution in [2.45, 2.75) is 32.6 Å². The molecule has 1 N–H and O–H groups in total. The fourth-order valence-electron chi connectivity index (χ4n) is 2.30. The van der Waals surface area contributed by atoms with E-state index in [9.17, 15) is 9.90 Å². The van der Waals surface area contributed by atoms with Crippen LogP contribution in [0.2, 0.25) is 0 Å². The van der Waals surface area contributed by atoms with Crippen LogP contribution in [-0.2, 0) is 10.2 Å². The van der Waals surface area contributed by atoms with Crippen molar-refractivity contribution < 1.29 is 14.6 Å². The third kappa shape index (κ3) is 4.49. The standard InChI is InChI=1S/C18H16Br4O3/c1-4-15(23)25-17-13(21)7-10(8-14(17)22)18(2,3)9-5-11(19)16(24)12(20)6-9/h5-8,24H,4H2,1-3H3. The first kappa shape index (κ1) is 20.9. The summed E-state index contributed by atoms with van der Waals surface area (Å²) in [5.74, 6) is 0.350. The number of carbonyl (C=O) groups is 1. The molecule has 0 atom stereocenters. The molecular formula is C18H16Br4O3. The van der Waals surface area contributed by atoms with E-state index in [2.05, 4.69) is 77.6 Å². The van der Waals surface area contributed by atoms with Gasteiger partial charge in [0, 0.05) is 11.8 Å². The average molecular weight is 600 g/mol. The van der Waals surface area contributed by atoms with E-state index in [0.29, 0.717) is 30.1 Å². The Bertz CT molecular complexity index is 785. The molecule has 0 radical (unpaired) electrons. The zero-order valence-corrected chi connectivity index (χ0v) is 20.1.